The summed E-state index contributed by atoms with van der Waals surface area (Å²) in [5, 5.41) is 0. The molecular weight excluding hydrogens is 260 g/mol. The molecule has 3 rings (SSSR count). The van der Waals surface area contributed by atoms with Crippen LogP contribution in [0.3, 0.4) is 0 Å². The molecule has 0 aromatic heterocycles. The van der Waals surface area contributed by atoms with Crippen molar-refractivity contribution >= 4 is 11.8 Å². The van der Waals surface area contributed by atoms with Crippen LogP contribution in [0.25, 0.3) is 0 Å². The fraction of sp³-hybridized carbons (Fsp3) is 0.500. The highest BCUT2D eigenvalue weighted by atomic mass is 16.6. The quantitative estimate of drug-likeness (QED) is 0.776. The third-order valence-electron chi connectivity index (χ3n) is 3.60. The molecule has 1 aromatic rings. The Hall–Kier alpha value is -2.11. The molecule has 0 saturated carbocycles. The van der Waals surface area contributed by atoms with Crippen molar-refractivity contribution in [2.45, 2.75) is 0 Å². The van der Waals surface area contributed by atoms with E-state index in [1.165, 1.54) is 7.11 Å². The van der Waals surface area contributed by atoms with E-state index in [0.717, 1.165) is 30.3 Å². The van der Waals surface area contributed by atoms with Crippen molar-refractivity contribution in [2.24, 2.45) is 0 Å². The predicted molar refractivity (Wildman–Crippen MR) is 73.6 cm³/mol. The number of piperazine rings is 1. The topological polar surface area (TPSA) is 51.2 Å². The second-order valence-electron chi connectivity index (χ2n) is 4.77. The Morgan fingerprint density at radius 1 is 1.10 bits per heavy atom. The number of anilines is 1. The van der Waals surface area contributed by atoms with Crippen LogP contribution in [0.5, 0.6) is 11.5 Å². The summed E-state index contributed by atoms with van der Waals surface area (Å²) < 4.78 is 15.8. The van der Waals surface area contributed by atoms with E-state index in [2.05, 4.69) is 4.90 Å². The molecule has 1 saturated heterocycles. The number of benzene rings is 1. The summed E-state index contributed by atoms with van der Waals surface area (Å²) in [5.74, 6) is 1.59. The van der Waals surface area contributed by atoms with Crippen LogP contribution in [0.1, 0.15) is 0 Å². The highest BCUT2D eigenvalue weighted by Crippen LogP contribution is 2.34. The molecule has 0 unspecified atom stereocenters. The van der Waals surface area contributed by atoms with Crippen LogP contribution in [-0.4, -0.2) is 57.5 Å². The second-order valence-corrected chi connectivity index (χ2v) is 4.77. The molecule has 0 spiro atoms. The smallest absolute Gasteiger partial charge is 0.409 e. The normalized spacial score (nSPS) is 17.9. The fourth-order valence-electron chi connectivity index (χ4n) is 2.51. The van der Waals surface area contributed by atoms with E-state index in [1.54, 1.807) is 4.90 Å². The molecule has 1 aromatic carbocycles. The average molecular weight is 278 g/mol. The van der Waals surface area contributed by atoms with Gasteiger partial charge in [0.1, 0.15) is 13.2 Å². The van der Waals surface area contributed by atoms with Crippen molar-refractivity contribution < 1.29 is 19.0 Å². The number of methoxy groups -OCH3 is 1. The summed E-state index contributed by atoms with van der Waals surface area (Å²) in [5.41, 5.74) is 1.10. The first-order chi connectivity index (χ1) is 9.78. The third-order valence-corrected chi connectivity index (χ3v) is 3.60. The molecule has 0 radical (unpaired) electrons. The molecule has 0 bridgehead atoms. The lowest BCUT2D eigenvalue weighted by Crippen LogP contribution is -2.48. The third kappa shape index (κ3) is 2.45. The van der Waals surface area contributed by atoms with Gasteiger partial charge in [0.05, 0.1) is 7.11 Å². The number of fused-ring (bicyclic) bond motifs is 1. The molecule has 2 heterocycles. The molecular formula is C14H18N2O4. The Bertz CT molecular complexity index is 498. The molecule has 2 aliphatic heterocycles. The maximum atomic E-state index is 11.5. The number of amides is 1. The molecule has 1 fully saturated rings. The minimum absolute atomic E-state index is 0.258. The molecule has 6 nitrogen and oxygen atoms in total. The Kier molecular flexibility index (Phi) is 3.54. The summed E-state index contributed by atoms with van der Waals surface area (Å²) in [6.07, 6.45) is -0.258. The van der Waals surface area contributed by atoms with Gasteiger partial charge < -0.3 is 24.0 Å². The Balaban J connectivity index is 1.67. The van der Waals surface area contributed by atoms with Gasteiger partial charge >= 0.3 is 6.09 Å². The summed E-state index contributed by atoms with van der Waals surface area (Å²) in [6.45, 7) is 4.10. The van der Waals surface area contributed by atoms with Crippen LogP contribution in [-0.2, 0) is 4.74 Å². The van der Waals surface area contributed by atoms with Crippen LogP contribution in [0, 0.1) is 0 Å². The number of carbonyl (C=O) groups is 1. The first kappa shape index (κ1) is 12.9. The zero-order valence-electron chi connectivity index (χ0n) is 11.5. The standard InChI is InChI=1S/C14H18N2O4/c1-18-14(17)16-6-4-15(5-7-16)11-2-3-12-13(10-11)20-9-8-19-12/h2-3,10H,4-9H2,1H3. The number of hydrogen-bond acceptors (Lipinski definition) is 5. The minimum Gasteiger partial charge on any atom is -0.486 e. The zero-order chi connectivity index (χ0) is 13.9. The van der Waals surface area contributed by atoms with Crippen molar-refractivity contribution in [3.8, 4) is 11.5 Å². The van der Waals surface area contributed by atoms with E-state index < -0.39 is 0 Å². The van der Waals surface area contributed by atoms with Gasteiger partial charge in [0.2, 0.25) is 0 Å². The van der Waals surface area contributed by atoms with Crippen molar-refractivity contribution in [3.05, 3.63) is 18.2 Å². The molecule has 108 valence electrons. The van der Waals surface area contributed by atoms with Crippen LogP contribution in [0.2, 0.25) is 0 Å². The SMILES string of the molecule is COC(=O)N1CCN(c2ccc3c(c2)OCCO3)CC1. The van der Waals surface area contributed by atoms with Crippen LogP contribution in [0.4, 0.5) is 10.5 Å². The second kappa shape index (κ2) is 5.48. The van der Waals surface area contributed by atoms with E-state index in [4.69, 9.17) is 14.2 Å². The highest BCUT2D eigenvalue weighted by Gasteiger charge is 2.22. The molecule has 0 aliphatic carbocycles. The van der Waals surface area contributed by atoms with Gasteiger partial charge in [-0.05, 0) is 12.1 Å². The highest BCUT2D eigenvalue weighted by molar-refractivity contribution is 5.68. The lowest BCUT2D eigenvalue weighted by atomic mass is 10.2. The minimum atomic E-state index is -0.258. The number of hydrogen-bond donors (Lipinski definition) is 0. The maximum absolute atomic E-state index is 11.5. The van der Waals surface area contributed by atoms with Gasteiger partial charge in [-0.2, -0.15) is 0 Å². The maximum Gasteiger partial charge on any atom is 0.409 e. The first-order valence-corrected chi connectivity index (χ1v) is 6.75. The monoisotopic (exact) mass is 278 g/mol. The molecule has 1 amide bonds. The van der Waals surface area contributed by atoms with Gasteiger partial charge in [-0.25, -0.2) is 4.79 Å². The van der Waals surface area contributed by atoms with Gasteiger partial charge in [0, 0.05) is 37.9 Å². The summed E-state index contributed by atoms with van der Waals surface area (Å²) in [7, 11) is 1.41. The van der Waals surface area contributed by atoms with Gasteiger partial charge in [-0.1, -0.05) is 0 Å². The summed E-state index contributed by atoms with van der Waals surface area (Å²) >= 11 is 0. The zero-order valence-corrected chi connectivity index (χ0v) is 11.5. The van der Waals surface area contributed by atoms with Crippen molar-refractivity contribution in [2.75, 3.05) is 51.4 Å². The molecule has 20 heavy (non-hydrogen) atoms. The van der Waals surface area contributed by atoms with Gasteiger partial charge in [0.25, 0.3) is 0 Å². The van der Waals surface area contributed by atoms with Crippen LogP contribution < -0.4 is 14.4 Å². The lowest BCUT2D eigenvalue weighted by molar-refractivity contribution is 0.121. The largest absolute Gasteiger partial charge is 0.486 e. The molecule has 0 atom stereocenters. The van der Waals surface area contributed by atoms with E-state index in [-0.39, 0.29) is 6.09 Å². The summed E-state index contributed by atoms with van der Waals surface area (Å²) in [6, 6.07) is 5.97. The Morgan fingerprint density at radius 3 is 2.50 bits per heavy atom. The van der Waals surface area contributed by atoms with Crippen molar-refractivity contribution in [1.29, 1.82) is 0 Å². The van der Waals surface area contributed by atoms with Gasteiger partial charge in [0.15, 0.2) is 11.5 Å². The average Bonchev–Trinajstić information content (AvgIpc) is 2.54. The molecule has 6 heteroatoms. The number of nitrogens with zero attached hydrogens (tertiary/aromatic N) is 2. The van der Waals surface area contributed by atoms with Gasteiger partial charge in [-0.3, -0.25) is 0 Å². The predicted octanol–water partition coefficient (Wildman–Crippen LogP) is 1.35. The van der Waals surface area contributed by atoms with E-state index in [1.807, 2.05) is 18.2 Å². The van der Waals surface area contributed by atoms with Crippen LogP contribution in [0.15, 0.2) is 18.2 Å². The van der Waals surface area contributed by atoms with Crippen LogP contribution >= 0.6 is 0 Å². The van der Waals surface area contributed by atoms with Crippen molar-refractivity contribution in [3.63, 3.8) is 0 Å². The Labute approximate surface area is 117 Å². The Morgan fingerprint density at radius 2 is 1.80 bits per heavy atom. The number of rotatable bonds is 1. The molecule has 2 aliphatic rings. The lowest BCUT2D eigenvalue weighted by Gasteiger charge is -2.35. The number of carbonyl (C=O) groups excluding carboxylic acids is 1. The van der Waals surface area contributed by atoms with E-state index >= 15 is 0 Å². The number of ether oxygens (including phenoxy) is 3. The fourth-order valence-corrected chi connectivity index (χ4v) is 2.51. The van der Waals surface area contributed by atoms with E-state index in [9.17, 15) is 4.79 Å². The first-order valence-electron chi connectivity index (χ1n) is 6.75. The van der Waals surface area contributed by atoms with Crippen molar-refractivity contribution in [1.82, 2.24) is 4.90 Å². The van der Waals surface area contributed by atoms with Gasteiger partial charge in [-0.15, -0.1) is 0 Å². The van der Waals surface area contributed by atoms with E-state index in [0.29, 0.717) is 26.3 Å². The molecule has 0 N–H and O–H groups in total. The summed E-state index contributed by atoms with van der Waals surface area (Å²) in [4.78, 5) is 15.4.